The van der Waals surface area contributed by atoms with Crippen molar-refractivity contribution in [3.8, 4) is 5.75 Å². The highest BCUT2D eigenvalue weighted by molar-refractivity contribution is 5.91. The number of benzene rings is 4. The Morgan fingerprint density at radius 1 is 0.571 bits per heavy atom. The van der Waals surface area contributed by atoms with Crippen molar-refractivity contribution in [3.05, 3.63) is 138 Å². The topological polar surface area (TPSA) is 20.2 Å². The Morgan fingerprint density at radius 2 is 1.00 bits per heavy atom. The summed E-state index contributed by atoms with van der Waals surface area (Å²) in [6.45, 7) is 1.87. The predicted octanol–water partition coefficient (Wildman–Crippen LogP) is 6.98. The van der Waals surface area contributed by atoms with Crippen molar-refractivity contribution in [2.24, 2.45) is 0 Å². The maximum Gasteiger partial charge on any atom is 0.118 e. The molecule has 1 N–H and O–H groups in total. The maximum atomic E-state index is 8.92. The molecule has 0 aliphatic heterocycles. The molecule has 0 aromatic heterocycles. The van der Waals surface area contributed by atoms with Gasteiger partial charge in [0.1, 0.15) is 5.75 Å². The van der Waals surface area contributed by atoms with Gasteiger partial charge < -0.3 is 5.11 Å². The first-order valence-electron chi connectivity index (χ1n) is 9.36. The van der Waals surface area contributed by atoms with Gasteiger partial charge in [0.2, 0.25) is 0 Å². The van der Waals surface area contributed by atoms with Crippen LogP contribution in [0.25, 0.3) is 11.6 Å². The summed E-state index contributed by atoms with van der Waals surface area (Å²) in [6, 6.07) is 38.7. The molecule has 138 valence electrons. The Balaban J connectivity index is 0.000000236. The second kappa shape index (κ2) is 9.94. The van der Waals surface area contributed by atoms with E-state index in [0.29, 0.717) is 5.75 Å². The van der Waals surface area contributed by atoms with Crippen molar-refractivity contribution in [1.82, 2.24) is 0 Å². The van der Waals surface area contributed by atoms with Crippen LogP contribution < -0.4 is 0 Å². The van der Waals surface area contributed by atoms with Gasteiger partial charge >= 0.3 is 0 Å². The van der Waals surface area contributed by atoms with Crippen molar-refractivity contribution in [3.63, 3.8) is 0 Å². The van der Waals surface area contributed by atoms with Crippen molar-refractivity contribution >= 4 is 11.6 Å². The molecular weight excluding hydrogens is 340 g/mol. The van der Waals surface area contributed by atoms with Crippen LogP contribution in [0.3, 0.4) is 0 Å². The smallest absolute Gasteiger partial charge is 0.118 e. The van der Waals surface area contributed by atoms with Crippen LogP contribution in [0.2, 0.25) is 0 Å². The third kappa shape index (κ3) is 5.46. The van der Waals surface area contributed by atoms with Gasteiger partial charge in [-0.1, -0.05) is 109 Å². The normalized spacial score (nSPS) is 9.75. The molecule has 0 amide bonds. The van der Waals surface area contributed by atoms with Crippen molar-refractivity contribution < 1.29 is 5.11 Å². The minimum Gasteiger partial charge on any atom is -0.508 e. The third-order valence-corrected chi connectivity index (χ3v) is 4.40. The molecule has 0 aliphatic rings. The molecule has 0 aliphatic carbocycles. The molecule has 0 atom stereocenters. The monoisotopic (exact) mass is 364 g/mol. The summed E-state index contributed by atoms with van der Waals surface area (Å²) in [5.41, 5.74) is 5.87. The van der Waals surface area contributed by atoms with E-state index in [0.717, 1.165) is 5.56 Å². The summed E-state index contributed by atoms with van der Waals surface area (Å²) in [7, 11) is 0. The second-order valence-electron chi connectivity index (χ2n) is 6.49. The lowest BCUT2D eigenvalue weighted by Crippen LogP contribution is -1.87. The lowest BCUT2D eigenvalue weighted by molar-refractivity contribution is 0.471. The number of phenols is 1. The number of aromatic hydroxyl groups is 1. The van der Waals surface area contributed by atoms with Crippen LogP contribution in [0.4, 0.5) is 0 Å². The van der Waals surface area contributed by atoms with Crippen LogP contribution in [0, 0.1) is 6.92 Å². The van der Waals surface area contributed by atoms with Crippen LogP contribution in [-0.2, 0) is 0 Å². The zero-order valence-electron chi connectivity index (χ0n) is 16.0. The van der Waals surface area contributed by atoms with E-state index in [9.17, 15) is 0 Å². The molecular formula is C27H24O. The fourth-order valence-electron chi connectivity index (χ4n) is 2.85. The number of aryl methyl sites for hydroxylation is 1. The summed E-state index contributed by atoms with van der Waals surface area (Å²) in [5.74, 6) is 0.368. The van der Waals surface area contributed by atoms with E-state index in [1.165, 1.54) is 22.3 Å². The molecule has 0 radical (unpaired) electrons. The fourth-order valence-corrected chi connectivity index (χ4v) is 2.85. The molecule has 0 fully saturated rings. The average Bonchev–Trinajstić information content (AvgIpc) is 2.77. The molecule has 0 spiro atoms. The Hall–Kier alpha value is -3.58. The Kier molecular flexibility index (Phi) is 6.81. The summed E-state index contributed by atoms with van der Waals surface area (Å²) in [5, 5.41) is 8.92. The first-order valence-corrected chi connectivity index (χ1v) is 9.36. The highest BCUT2D eigenvalue weighted by Gasteiger charge is 2.04. The largest absolute Gasteiger partial charge is 0.508 e. The first-order chi connectivity index (χ1) is 13.7. The molecule has 4 rings (SSSR count). The minimum absolute atomic E-state index is 0.368. The molecule has 0 unspecified atom stereocenters. The van der Waals surface area contributed by atoms with E-state index in [1.54, 1.807) is 6.07 Å². The van der Waals surface area contributed by atoms with Gasteiger partial charge in [0, 0.05) is 0 Å². The second-order valence-corrected chi connectivity index (χ2v) is 6.49. The SMILES string of the molecule is C(=C(c1ccccc1)c1ccccc1)c1ccccc1.Cc1ccccc1O. The average molecular weight is 364 g/mol. The van der Waals surface area contributed by atoms with E-state index in [4.69, 9.17) is 5.11 Å². The van der Waals surface area contributed by atoms with Crippen LogP contribution in [0.5, 0.6) is 5.75 Å². The van der Waals surface area contributed by atoms with Crippen LogP contribution in [0.15, 0.2) is 115 Å². The molecule has 0 bridgehead atoms. The van der Waals surface area contributed by atoms with Gasteiger partial charge in [-0.15, -0.1) is 0 Å². The molecule has 1 nitrogen and oxygen atoms in total. The molecule has 0 heterocycles. The van der Waals surface area contributed by atoms with Crippen molar-refractivity contribution in [1.29, 1.82) is 0 Å². The molecule has 4 aromatic rings. The van der Waals surface area contributed by atoms with Gasteiger partial charge in [0.05, 0.1) is 0 Å². The summed E-state index contributed by atoms with van der Waals surface area (Å²) >= 11 is 0. The zero-order chi connectivity index (χ0) is 19.6. The van der Waals surface area contributed by atoms with Gasteiger partial charge in [0.25, 0.3) is 0 Å². The molecule has 4 aromatic carbocycles. The van der Waals surface area contributed by atoms with Gasteiger partial charge in [-0.25, -0.2) is 0 Å². The number of rotatable bonds is 3. The number of hydrogen-bond acceptors (Lipinski definition) is 1. The quantitative estimate of drug-likeness (QED) is 0.389. The molecule has 28 heavy (non-hydrogen) atoms. The van der Waals surface area contributed by atoms with Gasteiger partial charge in [-0.3, -0.25) is 0 Å². The van der Waals surface area contributed by atoms with E-state index < -0.39 is 0 Å². The molecule has 0 saturated heterocycles. The summed E-state index contributed by atoms with van der Waals surface area (Å²) in [4.78, 5) is 0. The number of phenolic OH excluding ortho intramolecular Hbond substituents is 1. The van der Waals surface area contributed by atoms with Gasteiger partial charge in [-0.05, 0) is 46.9 Å². The Labute approximate surface area is 167 Å². The van der Waals surface area contributed by atoms with Crippen LogP contribution in [0.1, 0.15) is 22.3 Å². The van der Waals surface area contributed by atoms with E-state index in [-0.39, 0.29) is 0 Å². The van der Waals surface area contributed by atoms with E-state index in [1.807, 2.05) is 31.2 Å². The first kappa shape index (κ1) is 19.2. The third-order valence-electron chi connectivity index (χ3n) is 4.40. The van der Waals surface area contributed by atoms with Crippen molar-refractivity contribution in [2.45, 2.75) is 6.92 Å². The molecule has 1 heteroatoms. The highest BCUT2D eigenvalue weighted by Crippen LogP contribution is 2.25. The zero-order valence-corrected chi connectivity index (χ0v) is 16.0. The fraction of sp³-hybridized carbons (Fsp3) is 0.0370. The minimum atomic E-state index is 0.368. The van der Waals surface area contributed by atoms with E-state index >= 15 is 0 Å². The number of para-hydroxylation sites is 1. The summed E-state index contributed by atoms with van der Waals surface area (Å²) in [6.07, 6.45) is 2.24. The lowest BCUT2D eigenvalue weighted by atomic mass is 9.96. The maximum absolute atomic E-state index is 8.92. The van der Waals surface area contributed by atoms with Crippen LogP contribution in [-0.4, -0.2) is 5.11 Å². The molecule has 0 saturated carbocycles. The standard InChI is InChI=1S/C20H16.C7H8O/c1-4-10-17(11-5-1)16-20(18-12-6-2-7-13-18)19-14-8-3-9-15-19;1-6-4-2-3-5-7(6)8/h1-16H;2-5,8H,1H3. The van der Waals surface area contributed by atoms with E-state index in [2.05, 4.69) is 91.0 Å². The van der Waals surface area contributed by atoms with Crippen LogP contribution >= 0.6 is 0 Å². The van der Waals surface area contributed by atoms with Crippen molar-refractivity contribution in [2.75, 3.05) is 0 Å². The predicted molar refractivity (Wildman–Crippen MR) is 119 cm³/mol. The number of hydrogen-bond donors (Lipinski definition) is 1. The van der Waals surface area contributed by atoms with Gasteiger partial charge in [0.15, 0.2) is 0 Å². The highest BCUT2D eigenvalue weighted by atomic mass is 16.3. The van der Waals surface area contributed by atoms with Gasteiger partial charge in [-0.2, -0.15) is 0 Å². The Bertz CT molecular complexity index is 941. The lowest BCUT2D eigenvalue weighted by Gasteiger charge is -2.08. The summed E-state index contributed by atoms with van der Waals surface area (Å²) < 4.78 is 0. The Morgan fingerprint density at radius 3 is 1.43 bits per heavy atom.